The summed E-state index contributed by atoms with van der Waals surface area (Å²) in [5, 5.41) is 15.6. The lowest BCUT2D eigenvalue weighted by Gasteiger charge is -2.25. The normalized spacial score (nSPS) is 27.1. The highest BCUT2D eigenvalue weighted by molar-refractivity contribution is 7.08. The van der Waals surface area contributed by atoms with E-state index >= 15 is 0 Å². The van der Waals surface area contributed by atoms with Gasteiger partial charge in [-0.2, -0.15) is 11.3 Å². The van der Waals surface area contributed by atoms with Gasteiger partial charge in [-0.05, 0) is 24.8 Å². The molecular formula is C12H15NO4S. The van der Waals surface area contributed by atoms with Crippen molar-refractivity contribution in [2.24, 2.45) is 5.41 Å². The molecule has 2 N–H and O–H groups in total. The minimum absolute atomic E-state index is 0.121. The van der Waals surface area contributed by atoms with Crippen LogP contribution in [0.2, 0.25) is 0 Å². The van der Waals surface area contributed by atoms with Gasteiger partial charge in [0.15, 0.2) is 0 Å². The first-order chi connectivity index (χ1) is 8.45. The molecule has 2 unspecified atom stereocenters. The Balaban J connectivity index is 2.13. The van der Waals surface area contributed by atoms with Gasteiger partial charge in [-0.3, -0.25) is 9.59 Å². The minimum Gasteiger partial charge on any atom is -0.481 e. The monoisotopic (exact) mass is 269 g/mol. The van der Waals surface area contributed by atoms with Gasteiger partial charge in [0.25, 0.3) is 5.91 Å². The highest BCUT2D eigenvalue weighted by Gasteiger charge is 2.47. The molecule has 1 fully saturated rings. The molecule has 1 aliphatic rings. The van der Waals surface area contributed by atoms with E-state index in [1.807, 2.05) is 12.3 Å². The number of amides is 1. The Morgan fingerprint density at radius 1 is 1.56 bits per heavy atom. The number of thiophene rings is 1. The molecule has 0 radical (unpaired) electrons. The van der Waals surface area contributed by atoms with E-state index in [9.17, 15) is 14.7 Å². The average molecular weight is 269 g/mol. The van der Waals surface area contributed by atoms with Crippen LogP contribution in [0.1, 0.15) is 22.8 Å². The number of carbonyl (C=O) groups is 2. The molecule has 0 aromatic carbocycles. The summed E-state index contributed by atoms with van der Waals surface area (Å²) in [5.74, 6) is -1.19. The van der Waals surface area contributed by atoms with Crippen molar-refractivity contribution in [3.05, 3.63) is 21.9 Å². The minimum atomic E-state index is -1.06. The third-order valence-corrected chi connectivity index (χ3v) is 4.21. The van der Waals surface area contributed by atoms with E-state index in [-0.39, 0.29) is 19.1 Å². The highest BCUT2D eigenvalue weighted by atomic mass is 32.1. The molecule has 0 bridgehead atoms. The van der Waals surface area contributed by atoms with E-state index in [4.69, 9.17) is 4.74 Å². The van der Waals surface area contributed by atoms with Gasteiger partial charge < -0.3 is 15.2 Å². The number of aryl methyl sites for hydroxylation is 1. The van der Waals surface area contributed by atoms with Gasteiger partial charge in [0, 0.05) is 5.38 Å². The van der Waals surface area contributed by atoms with Gasteiger partial charge >= 0.3 is 5.97 Å². The number of carboxylic acid groups (broad SMARTS) is 1. The molecule has 2 atom stereocenters. The lowest BCUT2D eigenvalue weighted by molar-refractivity contribution is -0.148. The maximum atomic E-state index is 12.0. The zero-order valence-corrected chi connectivity index (χ0v) is 11.0. The van der Waals surface area contributed by atoms with Gasteiger partial charge in [0.1, 0.15) is 5.41 Å². The molecule has 98 valence electrons. The molecule has 6 heteroatoms. The van der Waals surface area contributed by atoms with Crippen molar-refractivity contribution in [1.82, 2.24) is 5.32 Å². The average Bonchev–Trinajstić information content (AvgIpc) is 2.87. The number of carbonyl (C=O) groups excluding carboxylic acids is 1. The molecule has 0 aliphatic carbocycles. The molecular weight excluding hydrogens is 254 g/mol. The molecule has 2 heterocycles. The molecule has 0 spiro atoms. The van der Waals surface area contributed by atoms with Crippen LogP contribution in [0.15, 0.2) is 10.8 Å². The Labute approximate surface area is 109 Å². The van der Waals surface area contributed by atoms with Gasteiger partial charge in [-0.1, -0.05) is 0 Å². The van der Waals surface area contributed by atoms with Crippen LogP contribution in [-0.4, -0.2) is 36.2 Å². The first-order valence-corrected chi connectivity index (χ1v) is 6.54. The molecule has 1 amide bonds. The summed E-state index contributed by atoms with van der Waals surface area (Å²) in [7, 11) is 0. The van der Waals surface area contributed by atoms with Crippen molar-refractivity contribution in [1.29, 1.82) is 0 Å². The first kappa shape index (κ1) is 13.0. The van der Waals surface area contributed by atoms with Crippen LogP contribution < -0.4 is 5.32 Å². The van der Waals surface area contributed by atoms with E-state index in [2.05, 4.69) is 5.32 Å². The van der Waals surface area contributed by atoms with Crippen molar-refractivity contribution < 1.29 is 19.4 Å². The zero-order valence-electron chi connectivity index (χ0n) is 10.2. The summed E-state index contributed by atoms with van der Waals surface area (Å²) >= 11 is 1.45. The molecule has 1 aromatic rings. The summed E-state index contributed by atoms with van der Waals surface area (Å²) in [6.07, 6.45) is 0. The Morgan fingerprint density at radius 2 is 2.28 bits per heavy atom. The third kappa shape index (κ3) is 2.13. The van der Waals surface area contributed by atoms with Gasteiger partial charge in [-0.15, -0.1) is 0 Å². The number of aliphatic carboxylic acids is 1. The summed E-state index contributed by atoms with van der Waals surface area (Å²) in [4.78, 5) is 23.3. The fraction of sp³-hybridized carbons (Fsp3) is 0.500. The standard InChI is InChI=1S/C12H15NO4S/c1-7-4-18-5-8(7)10(14)13-9-3-17-6-12(9,2)11(15)16/h4-5,9H,3,6H2,1-2H3,(H,13,14)(H,15,16). The summed E-state index contributed by atoms with van der Waals surface area (Å²) < 4.78 is 5.19. The smallest absolute Gasteiger partial charge is 0.313 e. The van der Waals surface area contributed by atoms with Gasteiger partial charge in [0.2, 0.25) is 0 Å². The molecule has 0 saturated carbocycles. The molecule has 1 saturated heterocycles. The van der Waals surface area contributed by atoms with Crippen molar-refractivity contribution in [3.63, 3.8) is 0 Å². The molecule has 1 aromatic heterocycles. The molecule has 18 heavy (non-hydrogen) atoms. The number of hydrogen-bond donors (Lipinski definition) is 2. The quantitative estimate of drug-likeness (QED) is 0.866. The fourth-order valence-corrected chi connectivity index (χ4v) is 2.74. The maximum absolute atomic E-state index is 12.0. The second-order valence-corrected chi connectivity index (χ2v) is 5.48. The van der Waals surface area contributed by atoms with E-state index in [1.54, 1.807) is 12.3 Å². The summed E-state index contributed by atoms with van der Waals surface area (Å²) in [5.41, 5.74) is 0.438. The largest absolute Gasteiger partial charge is 0.481 e. The van der Waals surface area contributed by atoms with Crippen LogP contribution in [-0.2, 0) is 9.53 Å². The molecule has 5 nitrogen and oxygen atoms in total. The number of ether oxygens (including phenoxy) is 1. The van der Waals surface area contributed by atoms with E-state index in [0.717, 1.165) is 5.56 Å². The lowest BCUT2D eigenvalue weighted by atomic mass is 9.85. The lowest BCUT2D eigenvalue weighted by Crippen LogP contribution is -2.49. The SMILES string of the molecule is Cc1cscc1C(=O)NC1COCC1(C)C(=O)O. The Hall–Kier alpha value is -1.40. The van der Waals surface area contributed by atoms with Crippen LogP contribution in [0.25, 0.3) is 0 Å². The number of rotatable bonds is 3. The molecule has 1 aliphatic heterocycles. The van der Waals surface area contributed by atoms with Crippen LogP contribution in [0.4, 0.5) is 0 Å². The Morgan fingerprint density at radius 3 is 2.83 bits per heavy atom. The topological polar surface area (TPSA) is 75.6 Å². The second-order valence-electron chi connectivity index (χ2n) is 4.73. The van der Waals surface area contributed by atoms with Crippen LogP contribution in [0.5, 0.6) is 0 Å². The van der Waals surface area contributed by atoms with Crippen molar-refractivity contribution in [2.75, 3.05) is 13.2 Å². The van der Waals surface area contributed by atoms with Gasteiger partial charge in [-0.25, -0.2) is 0 Å². The second kappa shape index (κ2) is 4.70. The maximum Gasteiger partial charge on any atom is 0.313 e. The van der Waals surface area contributed by atoms with E-state index in [0.29, 0.717) is 5.56 Å². The number of hydrogen-bond acceptors (Lipinski definition) is 4. The predicted molar refractivity (Wildman–Crippen MR) is 66.9 cm³/mol. The number of nitrogens with one attached hydrogen (secondary N) is 1. The van der Waals surface area contributed by atoms with Crippen molar-refractivity contribution in [3.8, 4) is 0 Å². The number of carboxylic acids is 1. The van der Waals surface area contributed by atoms with E-state index in [1.165, 1.54) is 11.3 Å². The Bertz CT molecular complexity index is 484. The van der Waals surface area contributed by atoms with Crippen LogP contribution in [0.3, 0.4) is 0 Å². The summed E-state index contributed by atoms with van der Waals surface area (Å²) in [6.45, 7) is 3.80. The van der Waals surface area contributed by atoms with Crippen LogP contribution >= 0.6 is 11.3 Å². The first-order valence-electron chi connectivity index (χ1n) is 5.60. The molecule has 2 rings (SSSR count). The van der Waals surface area contributed by atoms with Crippen LogP contribution in [0, 0.1) is 12.3 Å². The fourth-order valence-electron chi connectivity index (χ4n) is 1.91. The van der Waals surface area contributed by atoms with Gasteiger partial charge in [0.05, 0.1) is 24.8 Å². The Kier molecular flexibility index (Phi) is 3.41. The van der Waals surface area contributed by atoms with Crippen molar-refractivity contribution >= 4 is 23.2 Å². The zero-order chi connectivity index (χ0) is 13.3. The van der Waals surface area contributed by atoms with E-state index < -0.39 is 17.4 Å². The highest BCUT2D eigenvalue weighted by Crippen LogP contribution is 2.29. The van der Waals surface area contributed by atoms with Crippen molar-refractivity contribution in [2.45, 2.75) is 19.9 Å². The third-order valence-electron chi connectivity index (χ3n) is 3.35. The predicted octanol–water partition coefficient (Wildman–Crippen LogP) is 1.28. The summed E-state index contributed by atoms with van der Waals surface area (Å²) in [6, 6.07) is -0.498.